The molecule has 0 amide bonds. The summed E-state index contributed by atoms with van der Waals surface area (Å²) in [5.74, 6) is 0.302. The number of phenolic OH excluding ortho intramolecular Hbond substituents is 3. The second kappa shape index (κ2) is 12.2. The van der Waals surface area contributed by atoms with Crippen molar-refractivity contribution in [2.75, 3.05) is 27.9 Å². The Morgan fingerprint density at radius 1 is 0.783 bits per heavy atom. The maximum absolute atomic E-state index is 10.9. The standard InChI is InChI=1S/C32H32O14/c1-40-19-6-13(4-5-17(19)35)18-11-16-25-20(43-18)9-15(34)10-21(25)44-30(14-7-22(41-2)26(36)23(8-14)42-3)31(16)46-32-29(39)28(38)27(37)24(12-33)45-32/h4-11,24,27-30,32-39H,12H2,1-3H3. The van der Waals surface area contributed by atoms with Gasteiger partial charge in [-0.1, -0.05) is 0 Å². The highest BCUT2D eigenvalue weighted by Gasteiger charge is 2.47. The zero-order chi connectivity index (χ0) is 32.9. The summed E-state index contributed by atoms with van der Waals surface area (Å²) in [6.07, 6.45) is -7.58. The Hall–Kier alpha value is -4.86. The number of aliphatic hydroxyl groups is 4. The van der Waals surface area contributed by atoms with Crippen molar-refractivity contribution in [3.05, 3.63) is 71.0 Å². The number of hydrogen-bond acceptors (Lipinski definition) is 14. The maximum atomic E-state index is 10.9. The average molecular weight is 641 g/mol. The van der Waals surface area contributed by atoms with Crippen molar-refractivity contribution >= 4 is 11.3 Å². The van der Waals surface area contributed by atoms with Crippen LogP contribution in [0.2, 0.25) is 0 Å². The van der Waals surface area contributed by atoms with E-state index in [1.807, 2.05) is 0 Å². The molecule has 0 saturated carbocycles. The average Bonchev–Trinajstić information content (AvgIpc) is 3.05. The van der Waals surface area contributed by atoms with Crippen molar-refractivity contribution in [1.82, 2.24) is 0 Å². The SMILES string of the molecule is COc1cc(C2=CC3=C(OC4OC(CO)C(O)C(O)C4O)C(c4cc(OC)c(O)c(OC)c4)Oc4cc(O)cc(c43)O2)ccc1O. The number of allylic oxidation sites excluding steroid dienone is 2. The molecule has 14 heteroatoms. The van der Waals surface area contributed by atoms with E-state index in [-0.39, 0.29) is 57.5 Å². The van der Waals surface area contributed by atoms with Crippen LogP contribution in [-0.4, -0.2) is 94.4 Å². The van der Waals surface area contributed by atoms with Gasteiger partial charge in [0.25, 0.3) is 0 Å². The lowest BCUT2D eigenvalue weighted by Crippen LogP contribution is -2.59. The molecule has 1 fully saturated rings. The maximum Gasteiger partial charge on any atom is 0.228 e. The largest absolute Gasteiger partial charge is 0.508 e. The first kappa shape index (κ1) is 31.1. The lowest BCUT2D eigenvalue weighted by Gasteiger charge is -2.42. The molecule has 1 saturated heterocycles. The molecule has 3 aromatic carbocycles. The summed E-state index contributed by atoms with van der Waals surface area (Å²) in [5, 5.41) is 72.9. The number of benzene rings is 3. The molecular weight excluding hydrogens is 608 g/mol. The Kier molecular flexibility index (Phi) is 8.22. The van der Waals surface area contributed by atoms with Gasteiger partial charge >= 0.3 is 0 Å². The van der Waals surface area contributed by atoms with Crippen molar-refractivity contribution < 1.29 is 68.9 Å². The Labute approximate surface area is 262 Å². The molecule has 3 aromatic rings. The van der Waals surface area contributed by atoms with E-state index in [9.17, 15) is 35.7 Å². The van der Waals surface area contributed by atoms with E-state index >= 15 is 0 Å². The van der Waals surface area contributed by atoms with Gasteiger partial charge in [-0.2, -0.15) is 0 Å². The fourth-order valence-corrected chi connectivity index (χ4v) is 5.56. The van der Waals surface area contributed by atoms with Gasteiger partial charge in [-0.25, -0.2) is 0 Å². The Morgan fingerprint density at radius 2 is 1.46 bits per heavy atom. The lowest BCUT2D eigenvalue weighted by molar-refractivity contribution is -0.293. The molecule has 0 aliphatic carbocycles. The van der Waals surface area contributed by atoms with Crippen LogP contribution in [0.25, 0.3) is 11.3 Å². The Balaban J connectivity index is 1.59. The number of methoxy groups -OCH3 is 3. The molecule has 46 heavy (non-hydrogen) atoms. The van der Waals surface area contributed by atoms with Crippen molar-refractivity contribution in [1.29, 1.82) is 0 Å². The van der Waals surface area contributed by atoms with Crippen LogP contribution in [0, 0.1) is 0 Å². The Morgan fingerprint density at radius 3 is 2.11 bits per heavy atom. The van der Waals surface area contributed by atoms with Gasteiger partial charge in [0.2, 0.25) is 12.0 Å². The van der Waals surface area contributed by atoms with Gasteiger partial charge in [0.15, 0.2) is 34.9 Å². The summed E-state index contributed by atoms with van der Waals surface area (Å²) in [6, 6.07) is 10.2. The minimum Gasteiger partial charge on any atom is -0.508 e. The molecule has 0 radical (unpaired) electrons. The zero-order valence-electron chi connectivity index (χ0n) is 24.8. The van der Waals surface area contributed by atoms with E-state index < -0.39 is 43.4 Å². The van der Waals surface area contributed by atoms with Crippen molar-refractivity contribution in [3.63, 3.8) is 0 Å². The number of rotatable bonds is 8. The highest BCUT2D eigenvalue weighted by Crippen LogP contribution is 2.54. The molecule has 3 aliphatic rings. The van der Waals surface area contributed by atoms with E-state index in [4.69, 9.17) is 33.2 Å². The van der Waals surface area contributed by atoms with Crippen LogP contribution in [-0.2, 0) is 9.47 Å². The van der Waals surface area contributed by atoms with E-state index in [1.165, 1.54) is 51.7 Å². The summed E-state index contributed by atoms with van der Waals surface area (Å²) in [6.45, 7) is -0.685. The number of hydrogen-bond donors (Lipinski definition) is 7. The van der Waals surface area contributed by atoms with Gasteiger partial charge in [0.05, 0.1) is 33.5 Å². The first-order valence-electron chi connectivity index (χ1n) is 14.1. The second-order valence-electron chi connectivity index (χ2n) is 10.7. The summed E-state index contributed by atoms with van der Waals surface area (Å²) in [5.41, 5.74) is 1.51. The summed E-state index contributed by atoms with van der Waals surface area (Å²) < 4.78 is 40.5. The van der Waals surface area contributed by atoms with E-state index in [0.29, 0.717) is 22.3 Å². The molecular formula is C32H32O14. The molecule has 6 rings (SSSR count). The fraction of sp³-hybridized carbons (Fsp3) is 0.312. The fourth-order valence-electron chi connectivity index (χ4n) is 5.56. The number of phenols is 3. The normalized spacial score (nSPS) is 25.1. The molecule has 0 spiro atoms. The minimum atomic E-state index is -1.76. The smallest absolute Gasteiger partial charge is 0.228 e. The summed E-state index contributed by atoms with van der Waals surface area (Å²) in [7, 11) is 4.10. The first-order chi connectivity index (χ1) is 22.1. The highest BCUT2D eigenvalue weighted by atomic mass is 16.7. The predicted octanol–water partition coefficient (Wildman–Crippen LogP) is 1.92. The van der Waals surface area contributed by atoms with Crippen LogP contribution >= 0.6 is 0 Å². The third kappa shape index (κ3) is 5.25. The highest BCUT2D eigenvalue weighted by molar-refractivity contribution is 5.93. The van der Waals surface area contributed by atoms with Gasteiger partial charge < -0.3 is 68.9 Å². The minimum absolute atomic E-state index is 0.0186. The van der Waals surface area contributed by atoms with Gasteiger partial charge in [0.1, 0.15) is 47.4 Å². The third-order valence-electron chi connectivity index (χ3n) is 7.92. The van der Waals surface area contributed by atoms with Crippen molar-refractivity contribution in [2.45, 2.75) is 36.8 Å². The van der Waals surface area contributed by atoms with Crippen LogP contribution in [0.4, 0.5) is 0 Å². The molecule has 7 N–H and O–H groups in total. The zero-order valence-corrected chi connectivity index (χ0v) is 24.8. The van der Waals surface area contributed by atoms with Crippen LogP contribution in [0.5, 0.6) is 46.0 Å². The van der Waals surface area contributed by atoms with E-state index in [1.54, 1.807) is 18.2 Å². The quantitative estimate of drug-likeness (QED) is 0.188. The first-order valence-corrected chi connectivity index (χ1v) is 14.1. The van der Waals surface area contributed by atoms with Gasteiger partial charge in [-0.15, -0.1) is 0 Å². The number of ether oxygens (including phenoxy) is 7. The molecule has 0 bridgehead atoms. The van der Waals surface area contributed by atoms with Crippen molar-refractivity contribution in [2.24, 2.45) is 0 Å². The van der Waals surface area contributed by atoms with Crippen LogP contribution in [0.15, 0.2) is 54.3 Å². The Bertz CT molecular complexity index is 1690. The monoisotopic (exact) mass is 640 g/mol. The van der Waals surface area contributed by atoms with Crippen LogP contribution in [0.3, 0.4) is 0 Å². The van der Waals surface area contributed by atoms with Crippen molar-refractivity contribution in [3.8, 4) is 46.0 Å². The molecule has 0 aromatic heterocycles. The summed E-state index contributed by atoms with van der Waals surface area (Å²) in [4.78, 5) is 0. The van der Waals surface area contributed by atoms with Gasteiger partial charge in [0, 0.05) is 28.8 Å². The van der Waals surface area contributed by atoms with E-state index in [0.717, 1.165) is 0 Å². The third-order valence-corrected chi connectivity index (χ3v) is 7.92. The molecule has 3 heterocycles. The predicted molar refractivity (Wildman–Crippen MR) is 158 cm³/mol. The van der Waals surface area contributed by atoms with Gasteiger partial charge in [-0.3, -0.25) is 0 Å². The number of aliphatic hydroxyl groups excluding tert-OH is 4. The van der Waals surface area contributed by atoms with Gasteiger partial charge in [-0.05, 0) is 36.4 Å². The molecule has 6 atom stereocenters. The topological polar surface area (TPSA) is 206 Å². The second-order valence-corrected chi connectivity index (χ2v) is 10.7. The molecule has 14 nitrogen and oxygen atoms in total. The van der Waals surface area contributed by atoms with Crippen LogP contribution < -0.4 is 23.7 Å². The summed E-state index contributed by atoms with van der Waals surface area (Å²) >= 11 is 0. The van der Waals surface area contributed by atoms with E-state index in [2.05, 4.69) is 0 Å². The van der Waals surface area contributed by atoms with Crippen LogP contribution in [0.1, 0.15) is 22.8 Å². The lowest BCUT2D eigenvalue weighted by atomic mass is 9.91. The molecule has 3 aliphatic heterocycles. The molecule has 244 valence electrons. The number of aromatic hydroxyl groups is 3. The molecule has 6 unspecified atom stereocenters.